The first kappa shape index (κ1) is 15.9. The van der Waals surface area contributed by atoms with Crippen LogP contribution < -0.4 is 10.3 Å². The first-order valence-corrected chi connectivity index (χ1v) is 7.44. The lowest BCUT2D eigenvalue weighted by molar-refractivity contribution is -0.136. The van der Waals surface area contributed by atoms with Crippen LogP contribution in [0, 0.1) is 5.92 Å². The Labute approximate surface area is 137 Å². The number of amides is 2. The van der Waals surface area contributed by atoms with Crippen molar-refractivity contribution in [1.29, 1.82) is 0 Å². The minimum Gasteiger partial charge on any atom is -0.461 e. The summed E-state index contributed by atoms with van der Waals surface area (Å²) in [6.07, 6.45) is 0. The van der Waals surface area contributed by atoms with Crippen LogP contribution in [0.5, 0.6) is 0 Å². The number of carbonyl (C=O) groups is 4. The number of esters is 1. The molecule has 2 heterocycles. The molecule has 0 saturated carbocycles. The molecule has 0 aromatic heterocycles. The third-order valence-electron chi connectivity index (χ3n) is 3.94. The molecule has 0 bridgehead atoms. The summed E-state index contributed by atoms with van der Waals surface area (Å²) in [6.45, 7) is 3.22. The van der Waals surface area contributed by atoms with Crippen LogP contribution in [0.2, 0.25) is 0 Å². The normalized spacial score (nSPS) is 22.1. The summed E-state index contributed by atoms with van der Waals surface area (Å²) in [7, 11) is 0. The van der Waals surface area contributed by atoms with Crippen molar-refractivity contribution in [3.05, 3.63) is 29.8 Å². The van der Waals surface area contributed by atoms with Crippen molar-refractivity contribution in [3.63, 3.8) is 0 Å². The summed E-state index contributed by atoms with van der Waals surface area (Å²) in [5.41, 5.74) is 3.26. The van der Waals surface area contributed by atoms with E-state index in [0.29, 0.717) is 11.3 Å². The minimum absolute atomic E-state index is 0.0944. The molecule has 24 heavy (non-hydrogen) atoms. The molecule has 0 radical (unpaired) electrons. The smallest absolute Gasteiger partial charge is 0.355 e. The summed E-state index contributed by atoms with van der Waals surface area (Å²) in [4.78, 5) is 49.3. The Kier molecular flexibility index (Phi) is 3.88. The summed E-state index contributed by atoms with van der Waals surface area (Å²) in [5, 5.41) is 3.78. The molecule has 8 heteroatoms. The molecule has 1 fully saturated rings. The van der Waals surface area contributed by atoms with Gasteiger partial charge in [0, 0.05) is 5.56 Å². The average molecular weight is 329 g/mol. The Morgan fingerprint density at radius 1 is 1.21 bits per heavy atom. The zero-order valence-corrected chi connectivity index (χ0v) is 13.1. The van der Waals surface area contributed by atoms with Gasteiger partial charge in [-0.1, -0.05) is 0 Å². The fourth-order valence-electron chi connectivity index (χ4n) is 2.76. The number of ketones is 1. The van der Waals surface area contributed by atoms with E-state index in [1.807, 2.05) is 0 Å². The SMILES string of the molecule is CCOC(=O)C1=NNC2C(=O)N(c3ccc(C(C)=O)cc3)C(=O)C12. The van der Waals surface area contributed by atoms with Gasteiger partial charge in [-0.3, -0.25) is 19.8 Å². The Morgan fingerprint density at radius 3 is 2.46 bits per heavy atom. The van der Waals surface area contributed by atoms with Gasteiger partial charge < -0.3 is 4.74 Å². The molecule has 2 amide bonds. The van der Waals surface area contributed by atoms with Crippen molar-refractivity contribution in [2.45, 2.75) is 19.9 Å². The van der Waals surface area contributed by atoms with Gasteiger partial charge in [-0.2, -0.15) is 5.10 Å². The van der Waals surface area contributed by atoms with E-state index in [1.165, 1.54) is 19.1 Å². The molecule has 3 rings (SSSR count). The third-order valence-corrected chi connectivity index (χ3v) is 3.94. The predicted molar refractivity (Wildman–Crippen MR) is 83.4 cm³/mol. The molecule has 2 aliphatic heterocycles. The first-order valence-electron chi connectivity index (χ1n) is 7.44. The van der Waals surface area contributed by atoms with Crippen LogP contribution in [0.1, 0.15) is 24.2 Å². The van der Waals surface area contributed by atoms with Crippen LogP contribution in [0.15, 0.2) is 29.4 Å². The van der Waals surface area contributed by atoms with Crippen LogP contribution in [0.4, 0.5) is 5.69 Å². The molecule has 1 aromatic rings. The number of hydrogen-bond donors (Lipinski definition) is 1. The summed E-state index contributed by atoms with van der Waals surface area (Å²) in [6, 6.07) is 5.22. The van der Waals surface area contributed by atoms with Crippen molar-refractivity contribution in [3.8, 4) is 0 Å². The number of imide groups is 1. The Hall–Kier alpha value is -3.03. The van der Waals surface area contributed by atoms with Crippen molar-refractivity contribution >= 4 is 35.0 Å². The van der Waals surface area contributed by atoms with Crippen molar-refractivity contribution in [2.75, 3.05) is 11.5 Å². The number of hydrazone groups is 1. The maximum absolute atomic E-state index is 12.6. The number of Topliss-reactive ketones (excluding diaryl/α,β-unsaturated/α-hetero) is 1. The summed E-state index contributed by atoms with van der Waals surface area (Å²) < 4.78 is 4.87. The van der Waals surface area contributed by atoms with Gasteiger partial charge in [0.05, 0.1) is 12.3 Å². The van der Waals surface area contributed by atoms with Gasteiger partial charge in [0.1, 0.15) is 12.0 Å². The number of benzene rings is 1. The predicted octanol–water partition coefficient (Wildman–Crippen LogP) is 0.269. The number of nitrogens with zero attached hydrogens (tertiary/aromatic N) is 2. The van der Waals surface area contributed by atoms with E-state index in [1.54, 1.807) is 19.1 Å². The minimum atomic E-state index is -0.996. The number of rotatable bonds is 4. The molecular formula is C16H15N3O5. The molecule has 1 saturated heterocycles. The zero-order valence-electron chi connectivity index (χ0n) is 13.1. The van der Waals surface area contributed by atoms with E-state index < -0.39 is 29.7 Å². The van der Waals surface area contributed by atoms with E-state index in [2.05, 4.69) is 10.5 Å². The highest BCUT2D eigenvalue weighted by atomic mass is 16.5. The van der Waals surface area contributed by atoms with E-state index >= 15 is 0 Å². The van der Waals surface area contributed by atoms with Gasteiger partial charge in [0.2, 0.25) is 5.91 Å². The molecule has 0 aliphatic carbocycles. The summed E-state index contributed by atoms with van der Waals surface area (Å²) >= 11 is 0. The third kappa shape index (κ3) is 2.36. The van der Waals surface area contributed by atoms with E-state index in [-0.39, 0.29) is 18.1 Å². The van der Waals surface area contributed by atoms with Gasteiger partial charge in [0.25, 0.3) is 5.91 Å². The van der Waals surface area contributed by atoms with Gasteiger partial charge in [0.15, 0.2) is 11.5 Å². The van der Waals surface area contributed by atoms with E-state index in [9.17, 15) is 19.2 Å². The van der Waals surface area contributed by atoms with Gasteiger partial charge >= 0.3 is 5.97 Å². The molecule has 8 nitrogen and oxygen atoms in total. The molecule has 124 valence electrons. The van der Waals surface area contributed by atoms with Crippen LogP contribution in [-0.4, -0.2) is 41.9 Å². The molecule has 1 N–H and O–H groups in total. The topological polar surface area (TPSA) is 105 Å². The molecule has 0 spiro atoms. The number of ether oxygens (including phenoxy) is 1. The lowest BCUT2D eigenvalue weighted by Gasteiger charge is -2.15. The van der Waals surface area contributed by atoms with Crippen LogP contribution in [0.25, 0.3) is 0 Å². The maximum atomic E-state index is 12.6. The standard InChI is InChI=1S/C16H15N3O5/c1-3-24-16(23)13-11-12(17-18-13)15(22)19(14(11)21)10-6-4-9(5-7-10)8(2)20/h4-7,11-12,17H,3H2,1-2H3. The summed E-state index contributed by atoms with van der Waals surface area (Å²) in [5.74, 6) is -2.87. The fraction of sp³-hybridized carbons (Fsp3) is 0.312. The molecule has 2 unspecified atom stereocenters. The lowest BCUT2D eigenvalue weighted by atomic mass is 9.99. The van der Waals surface area contributed by atoms with E-state index in [4.69, 9.17) is 4.74 Å². The maximum Gasteiger partial charge on any atom is 0.355 e. The van der Waals surface area contributed by atoms with Gasteiger partial charge in [-0.15, -0.1) is 0 Å². The molecule has 1 aromatic carbocycles. The fourth-order valence-corrected chi connectivity index (χ4v) is 2.76. The second-order valence-electron chi connectivity index (χ2n) is 5.42. The highest BCUT2D eigenvalue weighted by molar-refractivity contribution is 6.46. The lowest BCUT2D eigenvalue weighted by Crippen LogP contribution is -2.36. The highest BCUT2D eigenvalue weighted by Crippen LogP contribution is 2.31. The highest BCUT2D eigenvalue weighted by Gasteiger charge is 2.55. The Balaban J connectivity index is 1.89. The van der Waals surface area contributed by atoms with E-state index in [0.717, 1.165) is 4.90 Å². The van der Waals surface area contributed by atoms with Crippen molar-refractivity contribution in [2.24, 2.45) is 11.0 Å². The molecule has 2 aliphatic rings. The second-order valence-corrected chi connectivity index (χ2v) is 5.42. The first-order chi connectivity index (χ1) is 11.5. The quantitative estimate of drug-likeness (QED) is 0.483. The number of carbonyl (C=O) groups excluding carboxylic acids is 4. The van der Waals surface area contributed by atoms with Crippen molar-refractivity contribution in [1.82, 2.24) is 5.43 Å². The zero-order chi connectivity index (χ0) is 17.4. The molecular weight excluding hydrogens is 314 g/mol. The number of hydrogen-bond acceptors (Lipinski definition) is 7. The van der Waals surface area contributed by atoms with Crippen LogP contribution in [-0.2, 0) is 19.1 Å². The van der Waals surface area contributed by atoms with Crippen molar-refractivity contribution < 1.29 is 23.9 Å². The monoisotopic (exact) mass is 329 g/mol. The van der Waals surface area contributed by atoms with Crippen LogP contribution >= 0.6 is 0 Å². The Morgan fingerprint density at radius 2 is 1.88 bits per heavy atom. The number of nitrogens with one attached hydrogen (secondary N) is 1. The van der Waals surface area contributed by atoms with Gasteiger partial charge in [-0.25, -0.2) is 9.69 Å². The molecule has 2 atom stereocenters. The van der Waals surface area contributed by atoms with Crippen LogP contribution in [0.3, 0.4) is 0 Å². The second kappa shape index (κ2) is 5.88. The Bertz CT molecular complexity index is 768. The largest absolute Gasteiger partial charge is 0.461 e. The number of anilines is 1. The average Bonchev–Trinajstić information content (AvgIpc) is 3.09. The number of fused-ring (bicyclic) bond motifs is 1. The van der Waals surface area contributed by atoms with Gasteiger partial charge in [-0.05, 0) is 38.1 Å².